The molecular formula is C10H18N2S. The van der Waals surface area contributed by atoms with Crippen molar-refractivity contribution in [3.63, 3.8) is 0 Å². The van der Waals surface area contributed by atoms with E-state index in [1.165, 1.54) is 10.4 Å². The summed E-state index contributed by atoms with van der Waals surface area (Å²) in [6, 6.07) is 2.54. The second-order valence-electron chi connectivity index (χ2n) is 3.63. The predicted molar refractivity (Wildman–Crippen MR) is 58.9 cm³/mol. The van der Waals surface area contributed by atoms with Crippen LogP contribution in [-0.4, -0.2) is 6.04 Å². The maximum atomic E-state index is 6.04. The standard InChI is InChI=1S/C10H18N2S/c1-7-5-6-13-10(7)9(12)4-3-8(2)11/h5-6,8-9H,3-4,11-12H2,1-2H3. The summed E-state index contributed by atoms with van der Waals surface area (Å²) >= 11 is 1.74. The van der Waals surface area contributed by atoms with Crippen LogP contribution in [0.5, 0.6) is 0 Å². The Labute approximate surface area is 83.9 Å². The van der Waals surface area contributed by atoms with Crippen LogP contribution < -0.4 is 11.5 Å². The summed E-state index contributed by atoms with van der Waals surface area (Å²) in [5, 5.41) is 2.09. The molecule has 0 radical (unpaired) electrons. The molecule has 13 heavy (non-hydrogen) atoms. The smallest absolute Gasteiger partial charge is 0.0392 e. The Bertz CT molecular complexity index is 255. The van der Waals surface area contributed by atoms with Gasteiger partial charge in [-0.2, -0.15) is 0 Å². The highest BCUT2D eigenvalue weighted by Crippen LogP contribution is 2.25. The molecule has 0 fully saturated rings. The van der Waals surface area contributed by atoms with Gasteiger partial charge < -0.3 is 11.5 Å². The molecule has 3 heteroatoms. The third-order valence-electron chi connectivity index (χ3n) is 2.17. The highest BCUT2D eigenvalue weighted by molar-refractivity contribution is 7.10. The summed E-state index contributed by atoms with van der Waals surface area (Å²) in [6.45, 7) is 4.13. The molecule has 4 N–H and O–H groups in total. The van der Waals surface area contributed by atoms with Crippen molar-refractivity contribution in [2.45, 2.75) is 38.8 Å². The van der Waals surface area contributed by atoms with Gasteiger partial charge in [-0.25, -0.2) is 0 Å². The fourth-order valence-corrected chi connectivity index (χ4v) is 2.30. The largest absolute Gasteiger partial charge is 0.328 e. The summed E-state index contributed by atoms with van der Waals surface area (Å²) in [6.07, 6.45) is 1.98. The fraction of sp³-hybridized carbons (Fsp3) is 0.600. The lowest BCUT2D eigenvalue weighted by Gasteiger charge is -2.12. The van der Waals surface area contributed by atoms with Gasteiger partial charge in [0.2, 0.25) is 0 Å². The monoisotopic (exact) mass is 198 g/mol. The number of hydrogen-bond donors (Lipinski definition) is 2. The zero-order valence-electron chi connectivity index (χ0n) is 8.29. The Morgan fingerprint density at radius 3 is 2.54 bits per heavy atom. The molecule has 0 aliphatic rings. The van der Waals surface area contributed by atoms with Gasteiger partial charge in [0.05, 0.1) is 0 Å². The van der Waals surface area contributed by atoms with E-state index < -0.39 is 0 Å². The molecule has 0 amide bonds. The van der Waals surface area contributed by atoms with E-state index >= 15 is 0 Å². The highest BCUT2D eigenvalue weighted by atomic mass is 32.1. The highest BCUT2D eigenvalue weighted by Gasteiger charge is 2.10. The van der Waals surface area contributed by atoms with Crippen LogP contribution in [0.3, 0.4) is 0 Å². The molecule has 2 nitrogen and oxygen atoms in total. The van der Waals surface area contributed by atoms with Crippen molar-refractivity contribution in [2.75, 3.05) is 0 Å². The van der Waals surface area contributed by atoms with Gasteiger partial charge in [-0.3, -0.25) is 0 Å². The average Bonchev–Trinajstić information content (AvgIpc) is 2.47. The van der Waals surface area contributed by atoms with Gasteiger partial charge in [0.15, 0.2) is 0 Å². The van der Waals surface area contributed by atoms with E-state index in [-0.39, 0.29) is 12.1 Å². The minimum atomic E-state index is 0.172. The van der Waals surface area contributed by atoms with Gasteiger partial charge in [0.25, 0.3) is 0 Å². The lowest BCUT2D eigenvalue weighted by Crippen LogP contribution is -2.18. The molecule has 0 saturated heterocycles. The Balaban J connectivity index is 2.49. The zero-order chi connectivity index (χ0) is 9.84. The molecule has 0 aromatic carbocycles. The van der Waals surface area contributed by atoms with Crippen molar-refractivity contribution >= 4 is 11.3 Å². The molecule has 0 aliphatic heterocycles. The van der Waals surface area contributed by atoms with Crippen molar-refractivity contribution in [3.8, 4) is 0 Å². The van der Waals surface area contributed by atoms with Crippen LogP contribution in [0.25, 0.3) is 0 Å². The van der Waals surface area contributed by atoms with Crippen molar-refractivity contribution in [3.05, 3.63) is 21.9 Å². The van der Waals surface area contributed by atoms with Gasteiger partial charge >= 0.3 is 0 Å². The fourth-order valence-electron chi connectivity index (χ4n) is 1.34. The minimum Gasteiger partial charge on any atom is -0.328 e. The first-order valence-corrected chi connectivity index (χ1v) is 5.54. The molecule has 2 unspecified atom stereocenters. The topological polar surface area (TPSA) is 52.0 Å². The van der Waals surface area contributed by atoms with Crippen molar-refractivity contribution in [1.82, 2.24) is 0 Å². The first-order chi connectivity index (χ1) is 6.11. The maximum absolute atomic E-state index is 6.04. The summed E-state index contributed by atoms with van der Waals surface area (Å²) < 4.78 is 0. The minimum absolute atomic E-state index is 0.172. The predicted octanol–water partition coefficient (Wildman–Crippen LogP) is 2.18. The van der Waals surface area contributed by atoms with Crippen molar-refractivity contribution in [1.29, 1.82) is 0 Å². The number of thiophene rings is 1. The van der Waals surface area contributed by atoms with E-state index in [1.807, 2.05) is 6.92 Å². The molecular weight excluding hydrogens is 180 g/mol. The number of aryl methyl sites for hydroxylation is 1. The Morgan fingerprint density at radius 1 is 1.38 bits per heavy atom. The Kier molecular flexibility index (Phi) is 3.90. The van der Waals surface area contributed by atoms with Crippen LogP contribution in [0.15, 0.2) is 11.4 Å². The average molecular weight is 198 g/mol. The molecule has 74 valence electrons. The molecule has 2 atom stereocenters. The molecule has 0 saturated carbocycles. The van der Waals surface area contributed by atoms with E-state index in [1.54, 1.807) is 11.3 Å². The molecule has 1 heterocycles. The zero-order valence-corrected chi connectivity index (χ0v) is 9.10. The number of nitrogens with two attached hydrogens (primary N) is 2. The molecule has 1 rings (SSSR count). The van der Waals surface area contributed by atoms with Crippen LogP contribution in [0.1, 0.15) is 36.2 Å². The second kappa shape index (κ2) is 4.74. The summed E-state index contributed by atoms with van der Waals surface area (Å²) in [5.41, 5.74) is 13.0. The maximum Gasteiger partial charge on any atom is 0.0392 e. The lowest BCUT2D eigenvalue weighted by atomic mass is 10.1. The van der Waals surface area contributed by atoms with E-state index in [4.69, 9.17) is 11.5 Å². The quantitative estimate of drug-likeness (QED) is 0.779. The van der Waals surface area contributed by atoms with E-state index in [0.29, 0.717) is 0 Å². The van der Waals surface area contributed by atoms with Crippen molar-refractivity contribution in [2.24, 2.45) is 11.5 Å². The molecule has 1 aromatic heterocycles. The van der Waals surface area contributed by atoms with Crippen LogP contribution in [0.4, 0.5) is 0 Å². The molecule has 1 aromatic rings. The summed E-state index contributed by atoms with van der Waals surface area (Å²) in [5.74, 6) is 0. The second-order valence-corrected chi connectivity index (χ2v) is 4.58. The van der Waals surface area contributed by atoms with Gasteiger partial charge in [-0.05, 0) is 43.7 Å². The van der Waals surface area contributed by atoms with Gasteiger partial charge in [-0.1, -0.05) is 0 Å². The van der Waals surface area contributed by atoms with Crippen LogP contribution in [-0.2, 0) is 0 Å². The Hall–Kier alpha value is -0.380. The van der Waals surface area contributed by atoms with Gasteiger partial charge in [0.1, 0.15) is 0 Å². The third kappa shape index (κ3) is 3.10. The molecule has 0 bridgehead atoms. The van der Waals surface area contributed by atoms with E-state index in [0.717, 1.165) is 12.8 Å². The van der Waals surface area contributed by atoms with E-state index in [2.05, 4.69) is 18.4 Å². The van der Waals surface area contributed by atoms with Crippen LogP contribution in [0, 0.1) is 6.92 Å². The third-order valence-corrected chi connectivity index (χ3v) is 3.32. The van der Waals surface area contributed by atoms with Crippen LogP contribution >= 0.6 is 11.3 Å². The first-order valence-electron chi connectivity index (χ1n) is 4.66. The summed E-state index contributed by atoms with van der Waals surface area (Å²) in [7, 11) is 0. The van der Waals surface area contributed by atoms with Crippen LogP contribution in [0.2, 0.25) is 0 Å². The lowest BCUT2D eigenvalue weighted by molar-refractivity contribution is 0.559. The van der Waals surface area contributed by atoms with Gasteiger partial charge in [0, 0.05) is 17.0 Å². The summed E-state index contributed by atoms with van der Waals surface area (Å²) in [4.78, 5) is 1.31. The number of hydrogen-bond acceptors (Lipinski definition) is 3. The molecule has 0 spiro atoms. The SMILES string of the molecule is Cc1ccsc1C(N)CCC(C)N. The molecule has 0 aliphatic carbocycles. The number of rotatable bonds is 4. The Morgan fingerprint density at radius 2 is 2.08 bits per heavy atom. The van der Waals surface area contributed by atoms with Crippen molar-refractivity contribution < 1.29 is 0 Å². The normalized spacial score (nSPS) is 15.7. The van der Waals surface area contributed by atoms with E-state index in [9.17, 15) is 0 Å². The van der Waals surface area contributed by atoms with Gasteiger partial charge in [-0.15, -0.1) is 11.3 Å². The first kappa shape index (κ1) is 10.7.